The smallest absolute Gasteiger partial charge is 0.301 e. The molecule has 1 unspecified atom stereocenters. The van der Waals surface area contributed by atoms with Gasteiger partial charge in [0, 0.05) is 23.5 Å². The largest absolute Gasteiger partial charge is 0.507 e. The Morgan fingerprint density at radius 3 is 2.45 bits per heavy atom. The molecule has 1 aromatic carbocycles. The molecule has 4 rings (SSSR count). The van der Waals surface area contributed by atoms with E-state index in [9.17, 15) is 19.1 Å². The van der Waals surface area contributed by atoms with Crippen molar-refractivity contribution in [2.45, 2.75) is 26.8 Å². The summed E-state index contributed by atoms with van der Waals surface area (Å²) in [7, 11) is 0. The minimum absolute atomic E-state index is 0.0898. The number of nitrogens with zero attached hydrogens (tertiary/aromatic N) is 2. The van der Waals surface area contributed by atoms with Gasteiger partial charge >= 0.3 is 5.91 Å². The third-order valence-electron chi connectivity index (χ3n) is 5.00. The molecule has 1 saturated heterocycles. The molecular formula is C21H18FN3O4. The van der Waals surface area contributed by atoms with Crippen LogP contribution in [0.2, 0.25) is 0 Å². The number of nitrogens with one attached hydrogen (secondary N) is 1. The van der Waals surface area contributed by atoms with Gasteiger partial charge in [0.25, 0.3) is 5.78 Å². The fourth-order valence-corrected chi connectivity index (χ4v) is 3.65. The Hall–Kier alpha value is -3.68. The SMILES string of the molecule is Cc1cc(N2C(=O)C(=O)/C(=C(/O)c3c(C)c[nH]c3C)C2c2ccc(F)cc2)no1. The number of benzene rings is 1. The predicted molar refractivity (Wildman–Crippen MR) is 103 cm³/mol. The molecule has 148 valence electrons. The molecular weight excluding hydrogens is 377 g/mol. The Morgan fingerprint density at radius 1 is 1.21 bits per heavy atom. The van der Waals surface area contributed by atoms with Crippen molar-refractivity contribution < 1.29 is 23.6 Å². The number of anilines is 1. The summed E-state index contributed by atoms with van der Waals surface area (Å²) in [4.78, 5) is 30.0. The number of halogens is 1. The summed E-state index contributed by atoms with van der Waals surface area (Å²) in [6.07, 6.45) is 1.70. The van der Waals surface area contributed by atoms with Crippen LogP contribution in [-0.4, -0.2) is 26.9 Å². The van der Waals surface area contributed by atoms with Gasteiger partial charge < -0.3 is 14.6 Å². The number of Topliss-reactive ketones (excluding diaryl/α,β-unsaturated/α-hetero) is 1. The summed E-state index contributed by atoms with van der Waals surface area (Å²) in [6.45, 7) is 5.20. The molecule has 7 nitrogen and oxygen atoms in total. The number of carbonyl (C=O) groups is 2. The van der Waals surface area contributed by atoms with Gasteiger partial charge in [-0.2, -0.15) is 0 Å². The Morgan fingerprint density at radius 2 is 1.90 bits per heavy atom. The van der Waals surface area contributed by atoms with Crippen LogP contribution in [0.15, 0.2) is 46.6 Å². The van der Waals surface area contributed by atoms with E-state index < -0.39 is 23.5 Å². The third-order valence-corrected chi connectivity index (χ3v) is 5.00. The van der Waals surface area contributed by atoms with Gasteiger partial charge in [0.1, 0.15) is 17.3 Å². The highest BCUT2D eigenvalue weighted by atomic mass is 19.1. The number of aliphatic hydroxyl groups excluding tert-OH is 1. The lowest BCUT2D eigenvalue weighted by molar-refractivity contribution is -0.132. The number of aliphatic hydroxyl groups is 1. The molecule has 0 saturated carbocycles. The average Bonchev–Trinajstić information content (AvgIpc) is 3.33. The first-order chi connectivity index (χ1) is 13.8. The molecule has 0 aliphatic carbocycles. The number of hydrogen-bond acceptors (Lipinski definition) is 5. The zero-order valence-corrected chi connectivity index (χ0v) is 16.0. The van der Waals surface area contributed by atoms with E-state index >= 15 is 0 Å². The quantitative estimate of drug-likeness (QED) is 0.400. The fraction of sp³-hybridized carbons (Fsp3) is 0.190. The van der Waals surface area contributed by atoms with E-state index in [2.05, 4.69) is 10.1 Å². The second-order valence-electron chi connectivity index (χ2n) is 6.99. The van der Waals surface area contributed by atoms with E-state index in [1.54, 1.807) is 27.0 Å². The molecule has 8 heteroatoms. The number of aromatic amines is 1. The van der Waals surface area contributed by atoms with Crippen molar-refractivity contribution in [3.63, 3.8) is 0 Å². The van der Waals surface area contributed by atoms with Crippen molar-refractivity contribution >= 4 is 23.3 Å². The molecule has 1 amide bonds. The number of hydrogen-bond donors (Lipinski definition) is 2. The standard InChI is InChI=1S/C21H18FN3O4/c1-10-9-23-12(3)16(10)19(26)17-18(13-4-6-14(22)7-5-13)25(21(28)20(17)27)15-8-11(2)29-24-15/h4-9,18,23,26H,1-3H3/b19-17+. The van der Waals surface area contributed by atoms with Gasteiger partial charge in [-0.1, -0.05) is 17.3 Å². The van der Waals surface area contributed by atoms with Gasteiger partial charge in [0.05, 0.1) is 11.6 Å². The lowest BCUT2D eigenvalue weighted by atomic mass is 9.94. The van der Waals surface area contributed by atoms with Crippen molar-refractivity contribution in [3.8, 4) is 0 Å². The fourth-order valence-electron chi connectivity index (χ4n) is 3.65. The third kappa shape index (κ3) is 2.93. The minimum Gasteiger partial charge on any atom is -0.507 e. The molecule has 0 bridgehead atoms. The summed E-state index contributed by atoms with van der Waals surface area (Å²) in [6, 6.07) is 5.95. The van der Waals surface area contributed by atoms with Crippen molar-refractivity contribution in [2.75, 3.05) is 4.90 Å². The van der Waals surface area contributed by atoms with Crippen LogP contribution in [-0.2, 0) is 9.59 Å². The summed E-state index contributed by atoms with van der Waals surface area (Å²) in [5.41, 5.74) is 2.20. The average molecular weight is 395 g/mol. The van der Waals surface area contributed by atoms with Gasteiger partial charge in [0.2, 0.25) is 0 Å². The van der Waals surface area contributed by atoms with E-state index in [-0.39, 0.29) is 17.2 Å². The molecule has 3 heterocycles. The molecule has 1 atom stereocenters. The first kappa shape index (κ1) is 18.7. The van der Waals surface area contributed by atoms with Crippen LogP contribution in [0.25, 0.3) is 5.76 Å². The van der Waals surface area contributed by atoms with Crippen LogP contribution >= 0.6 is 0 Å². The van der Waals surface area contributed by atoms with Crippen LogP contribution < -0.4 is 4.90 Å². The maximum Gasteiger partial charge on any atom is 0.301 e. The Bertz CT molecular complexity index is 1140. The van der Waals surface area contributed by atoms with E-state index in [1.807, 2.05) is 0 Å². The number of aromatic nitrogens is 2. The van der Waals surface area contributed by atoms with E-state index in [0.717, 1.165) is 10.5 Å². The number of aryl methyl sites for hydroxylation is 3. The molecule has 1 fully saturated rings. The molecule has 3 aromatic rings. The van der Waals surface area contributed by atoms with Crippen LogP contribution in [0.1, 0.15) is 34.2 Å². The van der Waals surface area contributed by atoms with E-state index in [1.165, 1.54) is 30.3 Å². The monoisotopic (exact) mass is 395 g/mol. The lowest BCUT2D eigenvalue weighted by Gasteiger charge is -2.22. The number of rotatable bonds is 3. The zero-order chi connectivity index (χ0) is 20.9. The van der Waals surface area contributed by atoms with Gasteiger partial charge in [-0.3, -0.25) is 14.5 Å². The topological polar surface area (TPSA) is 99.4 Å². The highest BCUT2D eigenvalue weighted by molar-refractivity contribution is 6.51. The first-order valence-corrected chi connectivity index (χ1v) is 8.94. The second kappa shape index (κ2) is 6.73. The van der Waals surface area contributed by atoms with Crippen molar-refractivity contribution in [3.05, 3.63) is 76.1 Å². The number of H-pyrrole nitrogens is 1. The summed E-state index contributed by atoms with van der Waals surface area (Å²) in [5, 5.41) is 14.9. The normalized spacial score (nSPS) is 18.6. The number of ketones is 1. The second-order valence-corrected chi connectivity index (χ2v) is 6.99. The minimum atomic E-state index is -0.978. The van der Waals surface area contributed by atoms with Gasteiger partial charge in [-0.15, -0.1) is 0 Å². The molecule has 0 spiro atoms. The molecule has 1 aliphatic heterocycles. The van der Waals surface area contributed by atoms with Gasteiger partial charge in [-0.05, 0) is 44.0 Å². The first-order valence-electron chi connectivity index (χ1n) is 8.94. The van der Waals surface area contributed by atoms with Gasteiger partial charge in [0.15, 0.2) is 5.82 Å². The van der Waals surface area contributed by atoms with Crippen molar-refractivity contribution in [1.82, 2.24) is 10.1 Å². The summed E-state index contributed by atoms with van der Waals surface area (Å²) >= 11 is 0. The molecule has 29 heavy (non-hydrogen) atoms. The Kier molecular flexibility index (Phi) is 4.34. The molecule has 2 N–H and O–H groups in total. The maximum atomic E-state index is 13.5. The lowest BCUT2D eigenvalue weighted by Crippen LogP contribution is -2.29. The Balaban J connectivity index is 1.98. The van der Waals surface area contributed by atoms with Crippen molar-refractivity contribution in [2.24, 2.45) is 0 Å². The van der Waals surface area contributed by atoms with E-state index in [0.29, 0.717) is 22.6 Å². The van der Waals surface area contributed by atoms with Crippen LogP contribution in [0, 0.1) is 26.6 Å². The number of amides is 1. The summed E-state index contributed by atoms with van der Waals surface area (Å²) in [5.74, 6) is -1.85. The highest BCUT2D eigenvalue weighted by Gasteiger charge is 2.48. The predicted octanol–water partition coefficient (Wildman–Crippen LogP) is 3.69. The summed E-state index contributed by atoms with van der Waals surface area (Å²) < 4.78 is 18.6. The number of carbonyl (C=O) groups excluding carboxylic acids is 2. The van der Waals surface area contributed by atoms with Crippen LogP contribution in [0.3, 0.4) is 0 Å². The zero-order valence-electron chi connectivity index (χ0n) is 16.0. The van der Waals surface area contributed by atoms with Crippen LogP contribution in [0.4, 0.5) is 10.2 Å². The van der Waals surface area contributed by atoms with E-state index in [4.69, 9.17) is 4.52 Å². The highest BCUT2D eigenvalue weighted by Crippen LogP contribution is 2.42. The molecule has 0 radical (unpaired) electrons. The molecule has 2 aromatic heterocycles. The van der Waals surface area contributed by atoms with Crippen LogP contribution in [0.5, 0.6) is 0 Å². The van der Waals surface area contributed by atoms with Gasteiger partial charge in [-0.25, -0.2) is 4.39 Å². The molecule has 1 aliphatic rings. The Labute approximate surface area is 165 Å². The van der Waals surface area contributed by atoms with Crippen molar-refractivity contribution in [1.29, 1.82) is 0 Å². The maximum absolute atomic E-state index is 13.5.